The van der Waals surface area contributed by atoms with E-state index in [0.29, 0.717) is 10.5 Å². The number of carbonyl (C=O) groups excluding carboxylic acids is 1. The van der Waals surface area contributed by atoms with E-state index in [9.17, 15) is 14.0 Å². The molecule has 2 heterocycles. The van der Waals surface area contributed by atoms with Crippen LogP contribution in [0.25, 0.3) is 16.6 Å². The summed E-state index contributed by atoms with van der Waals surface area (Å²) >= 11 is 5.83. The first-order chi connectivity index (χ1) is 12.5. The first kappa shape index (κ1) is 16.2. The summed E-state index contributed by atoms with van der Waals surface area (Å²) in [6.07, 6.45) is 0. The average Bonchev–Trinajstić information content (AvgIpc) is 3.07. The van der Waals surface area contributed by atoms with Crippen molar-refractivity contribution in [3.8, 4) is 0 Å². The summed E-state index contributed by atoms with van der Waals surface area (Å²) in [5.74, 6) is -1.03. The lowest BCUT2D eigenvalue weighted by molar-refractivity contribution is 0.0947. The maximum atomic E-state index is 13.3. The fourth-order valence-electron chi connectivity index (χ4n) is 2.65. The SMILES string of the molecule is O=C(NCc1ccc(Cl)cc1)c1nnn2c1c(=O)[nH]c1cc(F)ccc12. The zero-order chi connectivity index (χ0) is 18.3. The Balaban J connectivity index is 1.70. The highest BCUT2D eigenvalue weighted by Gasteiger charge is 2.19. The van der Waals surface area contributed by atoms with Gasteiger partial charge in [-0.2, -0.15) is 0 Å². The first-order valence-electron chi connectivity index (χ1n) is 7.62. The Kier molecular flexibility index (Phi) is 3.89. The molecule has 2 aromatic carbocycles. The zero-order valence-corrected chi connectivity index (χ0v) is 13.9. The molecule has 0 aliphatic carbocycles. The van der Waals surface area contributed by atoms with Gasteiger partial charge in [-0.3, -0.25) is 9.59 Å². The minimum absolute atomic E-state index is 0.00212. The third kappa shape index (κ3) is 2.80. The smallest absolute Gasteiger partial charge is 0.277 e. The molecule has 0 unspecified atom stereocenters. The molecule has 0 radical (unpaired) electrons. The molecule has 4 aromatic rings. The first-order valence-corrected chi connectivity index (χ1v) is 8.00. The molecule has 7 nitrogen and oxygen atoms in total. The van der Waals surface area contributed by atoms with Crippen molar-refractivity contribution in [3.05, 3.63) is 74.9 Å². The second-order valence-electron chi connectivity index (χ2n) is 5.62. The van der Waals surface area contributed by atoms with Gasteiger partial charge in [0.15, 0.2) is 11.2 Å². The molecule has 0 saturated heterocycles. The molecule has 26 heavy (non-hydrogen) atoms. The van der Waals surface area contributed by atoms with E-state index in [1.807, 2.05) is 0 Å². The predicted octanol–water partition coefficient (Wildman–Crippen LogP) is 2.29. The van der Waals surface area contributed by atoms with Crippen LogP contribution >= 0.6 is 11.6 Å². The Bertz CT molecular complexity index is 1200. The molecular formula is C17H11ClFN5O2. The van der Waals surface area contributed by atoms with Gasteiger partial charge in [-0.25, -0.2) is 8.91 Å². The van der Waals surface area contributed by atoms with E-state index in [1.165, 1.54) is 22.7 Å². The van der Waals surface area contributed by atoms with Crippen LogP contribution in [-0.4, -0.2) is 25.7 Å². The number of carbonyl (C=O) groups is 1. The van der Waals surface area contributed by atoms with E-state index in [4.69, 9.17) is 11.6 Å². The number of amides is 1. The van der Waals surface area contributed by atoms with Crippen molar-refractivity contribution in [2.24, 2.45) is 0 Å². The zero-order valence-electron chi connectivity index (χ0n) is 13.2. The summed E-state index contributed by atoms with van der Waals surface area (Å²) in [5, 5.41) is 11.0. The fraction of sp³-hybridized carbons (Fsp3) is 0.0588. The molecule has 9 heteroatoms. The van der Waals surface area contributed by atoms with Gasteiger partial charge in [0.05, 0.1) is 11.0 Å². The van der Waals surface area contributed by atoms with Crippen LogP contribution in [0.15, 0.2) is 47.3 Å². The molecule has 0 spiro atoms. The number of hydrogen-bond donors (Lipinski definition) is 2. The molecule has 0 bridgehead atoms. The van der Waals surface area contributed by atoms with Crippen molar-refractivity contribution in [2.45, 2.75) is 6.54 Å². The van der Waals surface area contributed by atoms with E-state index in [1.54, 1.807) is 24.3 Å². The van der Waals surface area contributed by atoms with Crippen LogP contribution in [0.3, 0.4) is 0 Å². The second-order valence-corrected chi connectivity index (χ2v) is 6.06. The van der Waals surface area contributed by atoms with E-state index in [2.05, 4.69) is 20.6 Å². The van der Waals surface area contributed by atoms with E-state index in [-0.39, 0.29) is 23.3 Å². The summed E-state index contributed by atoms with van der Waals surface area (Å²) in [7, 11) is 0. The Hall–Kier alpha value is -3.26. The molecular weight excluding hydrogens is 361 g/mol. The van der Waals surface area contributed by atoms with Gasteiger partial charge < -0.3 is 10.3 Å². The summed E-state index contributed by atoms with van der Waals surface area (Å²) in [6.45, 7) is 0.242. The number of aromatic nitrogens is 4. The quantitative estimate of drug-likeness (QED) is 0.578. The normalized spacial score (nSPS) is 11.2. The lowest BCUT2D eigenvalue weighted by Crippen LogP contribution is -2.25. The third-order valence-corrected chi connectivity index (χ3v) is 4.15. The number of benzene rings is 2. The van der Waals surface area contributed by atoms with Gasteiger partial charge in [0, 0.05) is 11.6 Å². The van der Waals surface area contributed by atoms with Gasteiger partial charge in [-0.1, -0.05) is 28.9 Å². The minimum atomic E-state index is -0.579. The van der Waals surface area contributed by atoms with Crippen LogP contribution in [0.1, 0.15) is 16.1 Å². The van der Waals surface area contributed by atoms with E-state index >= 15 is 0 Å². The van der Waals surface area contributed by atoms with Crippen LogP contribution in [0.5, 0.6) is 0 Å². The van der Waals surface area contributed by atoms with Crippen molar-refractivity contribution in [1.29, 1.82) is 0 Å². The summed E-state index contributed by atoms with van der Waals surface area (Å²) in [6, 6.07) is 10.9. The molecule has 0 aliphatic heterocycles. The van der Waals surface area contributed by atoms with E-state index < -0.39 is 17.3 Å². The minimum Gasteiger partial charge on any atom is -0.346 e. The number of nitrogens with one attached hydrogen (secondary N) is 2. The van der Waals surface area contributed by atoms with Crippen molar-refractivity contribution in [2.75, 3.05) is 0 Å². The summed E-state index contributed by atoms with van der Waals surface area (Å²) < 4.78 is 14.6. The lowest BCUT2D eigenvalue weighted by Gasteiger charge is -2.04. The number of fused-ring (bicyclic) bond motifs is 3. The van der Waals surface area contributed by atoms with Crippen LogP contribution in [0.2, 0.25) is 5.02 Å². The Morgan fingerprint density at radius 2 is 2.00 bits per heavy atom. The predicted molar refractivity (Wildman–Crippen MR) is 93.7 cm³/mol. The van der Waals surface area contributed by atoms with Gasteiger partial charge in [0.1, 0.15) is 5.82 Å². The van der Waals surface area contributed by atoms with Crippen LogP contribution in [0, 0.1) is 5.82 Å². The molecule has 0 saturated carbocycles. The molecule has 1 amide bonds. The van der Waals surface area contributed by atoms with Gasteiger partial charge in [0.2, 0.25) is 0 Å². The Morgan fingerprint density at radius 1 is 1.23 bits per heavy atom. The molecule has 0 fully saturated rings. The lowest BCUT2D eigenvalue weighted by atomic mass is 10.2. The monoisotopic (exact) mass is 371 g/mol. The molecule has 4 rings (SSSR count). The van der Waals surface area contributed by atoms with E-state index in [0.717, 1.165) is 5.56 Å². The number of halogens is 2. The number of rotatable bonds is 3. The Morgan fingerprint density at radius 3 is 2.77 bits per heavy atom. The molecule has 2 N–H and O–H groups in total. The van der Waals surface area contributed by atoms with Crippen molar-refractivity contribution < 1.29 is 9.18 Å². The van der Waals surface area contributed by atoms with Crippen molar-refractivity contribution >= 4 is 34.1 Å². The number of hydrogen-bond acceptors (Lipinski definition) is 4. The molecule has 130 valence electrons. The fourth-order valence-corrected chi connectivity index (χ4v) is 2.78. The van der Waals surface area contributed by atoms with Gasteiger partial charge >= 0.3 is 0 Å². The van der Waals surface area contributed by atoms with Crippen LogP contribution < -0.4 is 10.9 Å². The molecule has 2 aromatic heterocycles. The highest BCUT2D eigenvalue weighted by Crippen LogP contribution is 2.14. The summed E-state index contributed by atoms with van der Waals surface area (Å²) in [5.41, 5.74) is 0.855. The third-order valence-electron chi connectivity index (χ3n) is 3.90. The maximum Gasteiger partial charge on any atom is 0.277 e. The average molecular weight is 372 g/mol. The Labute approximate surface area is 150 Å². The molecule has 0 atom stereocenters. The van der Waals surface area contributed by atoms with Gasteiger partial charge in [-0.05, 0) is 35.9 Å². The van der Waals surface area contributed by atoms with Gasteiger partial charge in [-0.15, -0.1) is 5.10 Å². The number of H-pyrrole nitrogens is 1. The topological polar surface area (TPSA) is 92.2 Å². The highest BCUT2D eigenvalue weighted by atomic mass is 35.5. The largest absolute Gasteiger partial charge is 0.346 e. The van der Waals surface area contributed by atoms with Crippen LogP contribution in [-0.2, 0) is 6.54 Å². The molecule has 0 aliphatic rings. The maximum absolute atomic E-state index is 13.3. The summed E-state index contributed by atoms with van der Waals surface area (Å²) in [4.78, 5) is 27.3. The second kappa shape index (κ2) is 6.23. The van der Waals surface area contributed by atoms with Gasteiger partial charge in [0.25, 0.3) is 11.5 Å². The highest BCUT2D eigenvalue weighted by molar-refractivity contribution is 6.30. The van der Waals surface area contributed by atoms with Crippen molar-refractivity contribution in [3.63, 3.8) is 0 Å². The number of nitrogens with zero attached hydrogens (tertiary/aromatic N) is 3. The van der Waals surface area contributed by atoms with Crippen molar-refractivity contribution in [1.82, 2.24) is 25.1 Å². The van der Waals surface area contributed by atoms with Crippen LogP contribution in [0.4, 0.5) is 4.39 Å². The number of aromatic amines is 1. The standard InChI is InChI=1S/C17H11ClFN5O2/c18-10-3-1-9(2-4-10)8-20-16(25)14-15-17(26)21-12-7-11(19)5-6-13(12)24(15)23-22-14/h1-7H,8H2,(H,20,25)(H,21,26).